The first-order valence-corrected chi connectivity index (χ1v) is 10.5. The van der Waals surface area contributed by atoms with E-state index in [1.165, 1.54) is 0 Å². The maximum atomic E-state index is 13.2. The minimum Gasteiger partial charge on any atom is -0.323 e. The summed E-state index contributed by atoms with van der Waals surface area (Å²) in [5.74, 6) is -0.417. The summed E-state index contributed by atoms with van der Waals surface area (Å²) in [6.07, 6.45) is 0. The molecule has 27 heavy (non-hydrogen) atoms. The Morgan fingerprint density at radius 2 is 1.52 bits per heavy atom. The van der Waals surface area contributed by atoms with E-state index >= 15 is 0 Å². The molecule has 0 aromatic heterocycles. The molecule has 0 unspecified atom stereocenters. The summed E-state index contributed by atoms with van der Waals surface area (Å²) in [6, 6.07) is 21.2. The standard InChI is InChI=1S/C20H15BrN2O3S/c21-16-9-3-4-10-17(16)22-20(24)13-23-18-11-5-1-7-14(18)15-8-2-6-12-19(15)27(23,25)26/h1-12H,13H2,(H,22,24). The van der Waals surface area contributed by atoms with Crippen LogP contribution in [-0.4, -0.2) is 20.9 Å². The summed E-state index contributed by atoms with van der Waals surface area (Å²) < 4.78 is 28.2. The van der Waals surface area contributed by atoms with Crippen LogP contribution in [0.2, 0.25) is 0 Å². The number of hydrogen-bond donors (Lipinski definition) is 1. The van der Waals surface area contributed by atoms with Crippen molar-refractivity contribution >= 4 is 43.2 Å². The molecule has 0 aliphatic carbocycles. The molecular formula is C20H15BrN2O3S. The average molecular weight is 443 g/mol. The Morgan fingerprint density at radius 1 is 0.889 bits per heavy atom. The zero-order valence-electron chi connectivity index (χ0n) is 14.1. The summed E-state index contributed by atoms with van der Waals surface area (Å²) in [5, 5.41) is 2.76. The van der Waals surface area contributed by atoms with Crippen LogP contribution in [0, 0.1) is 0 Å². The van der Waals surface area contributed by atoms with E-state index in [1.54, 1.807) is 54.6 Å². The number of amides is 1. The lowest BCUT2D eigenvalue weighted by atomic mass is 10.0. The second-order valence-electron chi connectivity index (χ2n) is 6.05. The molecular weight excluding hydrogens is 428 g/mol. The van der Waals surface area contributed by atoms with Crippen molar-refractivity contribution < 1.29 is 13.2 Å². The highest BCUT2D eigenvalue weighted by Crippen LogP contribution is 2.42. The van der Waals surface area contributed by atoms with Gasteiger partial charge in [0.15, 0.2) is 0 Å². The normalized spacial score (nSPS) is 14.2. The van der Waals surface area contributed by atoms with Gasteiger partial charge in [-0.25, -0.2) is 8.42 Å². The quantitative estimate of drug-likeness (QED) is 0.658. The molecule has 0 fully saturated rings. The van der Waals surface area contributed by atoms with Crippen LogP contribution in [-0.2, 0) is 14.8 Å². The number of sulfonamides is 1. The number of carbonyl (C=O) groups is 1. The van der Waals surface area contributed by atoms with Crippen LogP contribution in [0.3, 0.4) is 0 Å². The van der Waals surface area contributed by atoms with Crippen molar-refractivity contribution in [2.75, 3.05) is 16.2 Å². The zero-order valence-corrected chi connectivity index (χ0v) is 16.5. The van der Waals surface area contributed by atoms with Crippen LogP contribution in [0.25, 0.3) is 11.1 Å². The number of halogens is 1. The van der Waals surface area contributed by atoms with E-state index in [0.29, 0.717) is 16.9 Å². The molecule has 1 aliphatic rings. The fourth-order valence-corrected chi connectivity index (χ4v) is 5.17. The predicted octanol–water partition coefficient (Wildman–Crippen LogP) is 4.26. The summed E-state index contributed by atoms with van der Waals surface area (Å²) in [5.41, 5.74) is 2.52. The smallest absolute Gasteiger partial charge is 0.265 e. The van der Waals surface area contributed by atoms with Gasteiger partial charge in [0.1, 0.15) is 6.54 Å². The van der Waals surface area contributed by atoms with Crippen LogP contribution >= 0.6 is 15.9 Å². The minimum atomic E-state index is -3.83. The zero-order chi connectivity index (χ0) is 19.0. The highest BCUT2D eigenvalue weighted by molar-refractivity contribution is 9.10. The molecule has 1 aliphatic heterocycles. The van der Waals surface area contributed by atoms with E-state index in [-0.39, 0.29) is 11.4 Å². The molecule has 0 saturated carbocycles. The van der Waals surface area contributed by atoms with E-state index in [0.717, 1.165) is 14.3 Å². The topological polar surface area (TPSA) is 66.5 Å². The molecule has 3 aromatic carbocycles. The van der Waals surface area contributed by atoms with E-state index in [1.807, 2.05) is 18.2 Å². The molecule has 1 heterocycles. The van der Waals surface area contributed by atoms with Gasteiger partial charge in [0, 0.05) is 15.6 Å². The third-order valence-corrected chi connectivity index (χ3v) is 6.86. The molecule has 0 atom stereocenters. The lowest BCUT2D eigenvalue weighted by Gasteiger charge is -2.31. The number of nitrogens with zero attached hydrogens (tertiary/aromatic N) is 1. The van der Waals surface area contributed by atoms with Crippen LogP contribution < -0.4 is 9.62 Å². The molecule has 4 rings (SSSR count). The number of hydrogen-bond acceptors (Lipinski definition) is 3. The van der Waals surface area contributed by atoms with Crippen LogP contribution in [0.1, 0.15) is 0 Å². The molecule has 0 bridgehead atoms. The Labute approximate surface area is 165 Å². The van der Waals surface area contributed by atoms with Gasteiger partial charge in [-0.3, -0.25) is 9.10 Å². The van der Waals surface area contributed by atoms with Crippen molar-refractivity contribution in [3.8, 4) is 11.1 Å². The van der Waals surface area contributed by atoms with Crippen LogP contribution in [0.5, 0.6) is 0 Å². The lowest BCUT2D eigenvalue weighted by molar-refractivity contribution is -0.114. The molecule has 0 spiro atoms. The Hall–Kier alpha value is -2.64. The van der Waals surface area contributed by atoms with Gasteiger partial charge in [0.2, 0.25) is 5.91 Å². The molecule has 5 nitrogen and oxygen atoms in total. The second kappa shape index (κ2) is 6.83. The van der Waals surface area contributed by atoms with Crippen molar-refractivity contribution in [2.24, 2.45) is 0 Å². The Bertz CT molecular complexity index is 1150. The third kappa shape index (κ3) is 3.13. The fourth-order valence-electron chi connectivity index (χ4n) is 3.13. The number of carbonyl (C=O) groups excluding carboxylic acids is 1. The Morgan fingerprint density at radius 3 is 2.30 bits per heavy atom. The maximum absolute atomic E-state index is 13.2. The molecule has 3 aromatic rings. The number of para-hydroxylation sites is 2. The molecule has 1 amide bonds. The first kappa shape index (κ1) is 17.8. The van der Waals surface area contributed by atoms with Gasteiger partial charge < -0.3 is 5.32 Å². The number of nitrogens with one attached hydrogen (secondary N) is 1. The minimum absolute atomic E-state index is 0.206. The molecule has 0 saturated heterocycles. The molecule has 1 N–H and O–H groups in total. The summed E-state index contributed by atoms with van der Waals surface area (Å²) >= 11 is 3.37. The van der Waals surface area contributed by atoms with Gasteiger partial charge in [-0.1, -0.05) is 48.5 Å². The summed E-state index contributed by atoms with van der Waals surface area (Å²) in [7, 11) is -3.83. The lowest BCUT2D eigenvalue weighted by Crippen LogP contribution is -2.40. The Kier molecular flexibility index (Phi) is 4.49. The molecule has 0 radical (unpaired) electrons. The van der Waals surface area contributed by atoms with Gasteiger partial charge in [-0.2, -0.15) is 0 Å². The number of anilines is 2. The van der Waals surface area contributed by atoms with Crippen LogP contribution in [0.4, 0.5) is 11.4 Å². The van der Waals surface area contributed by atoms with E-state index in [2.05, 4.69) is 21.2 Å². The first-order valence-electron chi connectivity index (χ1n) is 8.24. The highest BCUT2D eigenvalue weighted by atomic mass is 79.9. The molecule has 7 heteroatoms. The predicted molar refractivity (Wildman–Crippen MR) is 109 cm³/mol. The number of rotatable bonds is 3. The highest BCUT2D eigenvalue weighted by Gasteiger charge is 2.35. The molecule has 136 valence electrons. The maximum Gasteiger partial charge on any atom is 0.265 e. The van der Waals surface area contributed by atoms with Gasteiger partial charge in [0.25, 0.3) is 10.0 Å². The van der Waals surface area contributed by atoms with Crippen molar-refractivity contribution in [3.63, 3.8) is 0 Å². The fraction of sp³-hybridized carbons (Fsp3) is 0.0500. The van der Waals surface area contributed by atoms with Crippen LogP contribution in [0.15, 0.2) is 82.2 Å². The number of fused-ring (bicyclic) bond motifs is 3. The third-order valence-electron chi connectivity index (χ3n) is 4.35. The van der Waals surface area contributed by atoms with Gasteiger partial charge in [-0.15, -0.1) is 0 Å². The van der Waals surface area contributed by atoms with Crippen molar-refractivity contribution in [3.05, 3.63) is 77.3 Å². The van der Waals surface area contributed by atoms with Gasteiger partial charge >= 0.3 is 0 Å². The SMILES string of the molecule is O=C(CN1c2ccccc2-c2ccccc2S1(=O)=O)Nc1ccccc1Br. The summed E-state index contributed by atoms with van der Waals surface area (Å²) in [6.45, 7) is -0.311. The number of benzene rings is 3. The van der Waals surface area contributed by atoms with Crippen molar-refractivity contribution in [1.29, 1.82) is 0 Å². The van der Waals surface area contributed by atoms with Gasteiger partial charge in [0.05, 0.1) is 16.3 Å². The summed E-state index contributed by atoms with van der Waals surface area (Å²) in [4.78, 5) is 12.8. The van der Waals surface area contributed by atoms with Gasteiger partial charge in [-0.05, 0) is 40.2 Å². The largest absolute Gasteiger partial charge is 0.323 e. The second-order valence-corrected chi connectivity index (χ2v) is 8.74. The monoisotopic (exact) mass is 442 g/mol. The average Bonchev–Trinajstić information content (AvgIpc) is 2.67. The first-order chi connectivity index (χ1) is 13.0. The Balaban J connectivity index is 1.73. The van der Waals surface area contributed by atoms with Crippen molar-refractivity contribution in [2.45, 2.75) is 4.90 Å². The van der Waals surface area contributed by atoms with E-state index in [9.17, 15) is 13.2 Å². The van der Waals surface area contributed by atoms with E-state index < -0.39 is 15.9 Å². The van der Waals surface area contributed by atoms with E-state index in [4.69, 9.17) is 0 Å². The van der Waals surface area contributed by atoms with Crippen molar-refractivity contribution in [1.82, 2.24) is 0 Å².